The zero-order valence-corrected chi connectivity index (χ0v) is 16.7. The molecule has 2 atom stereocenters. The second-order valence-electron chi connectivity index (χ2n) is 7.07. The zero-order valence-electron chi connectivity index (χ0n) is 15.9. The summed E-state index contributed by atoms with van der Waals surface area (Å²) in [7, 11) is -2.07. The molecule has 1 saturated heterocycles. The molecule has 27 heavy (non-hydrogen) atoms. The first kappa shape index (κ1) is 19.9. The molecule has 0 spiro atoms. The standard InChI is InChI=1S/C21H27NO4S/c1-16-5-11-20(12-6-16)27(23,24)26-15-18-4-3-13-22-21(18)14-17-7-9-19(25-2)10-8-17/h5-12,18,21-22H,3-4,13-15H2,1-2H3. The van der Waals surface area contributed by atoms with E-state index >= 15 is 0 Å². The molecule has 2 aromatic rings. The van der Waals surface area contributed by atoms with Crippen molar-refractivity contribution in [2.24, 2.45) is 5.92 Å². The molecular formula is C21H27NO4S. The Hall–Kier alpha value is -1.89. The summed E-state index contributed by atoms with van der Waals surface area (Å²) in [6.07, 6.45) is 2.82. The molecule has 2 unspecified atom stereocenters. The summed E-state index contributed by atoms with van der Waals surface area (Å²) >= 11 is 0. The number of ether oxygens (including phenoxy) is 1. The van der Waals surface area contributed by atoms with E-state index in [9.17, 15) is 8.42 Å². The van der Waals surface area contributed by atoms with Gasteiger partial charge in [-0.05, 0) is 68.5 Å². The highest BCUT2D eigenvalue weighted by Crippen LogP contribution is 2.23. The lowest BCUT2D eigenvalue weighted by Gasteiger charge is -2.32. The Bertz CT molecular complexity index is 831. The molecule has 0 bridgehead atoms. The predicted octanol–water partition coefficient (Wildman–Crippen LogP) is 3.32. The molecule has 5 nitrogen and oxygen atoms in total. The SMILES string of the molecule is COc1ccc(CC2NCCCC2COS(=O)(=O)c2ccc(C)cc2)cc1. The lowest BCUT2D eigenvalue weighted by molar-refractivity contribution is 0.179. The van der Waals surface area contributed by atoms with Crippen LogP contribution >= 0.6 is 0 Å². The second kappa shape index (κ2) is 8.87. The molecule has 1 aliphatic rings. The van der Waals surface area contributed by atoms with Crippen LogP contribution in [0.4, 0.5) is 0 Å². The molecule has 1 N–H and O–H groups in total. The maximum atomic E-state index is 12.5. The number of benzene rings is 2. The molecule has 0 radical (unpaired) electrons. The van der Waals surface area contributed by atoms with Crippen LogP contribution in [0.5, 0.6) is 5.75 Å². The van der Waals surface area contributed by atoms with Crippen LogP contribution in [-0.4, -0.2) is 34.7 Å². The smallest absolute Gasteiger partial charge is 0.296 e. The zero-order chi connectivity index (χ0) is 19.3. The van der Waals surface area contributed by atoms with Gasteiger partial charge in [0.1, 0.15) is 5.75 Å². The monoisotopic (exact) mass is 389 g/mol. The normalized spacial score (nSPS) is 20.4. The summed E-state index contributed by atoms with van der Waals surface area (Å²) in [6, 6.07) is 15.0. The van der Waals surface area contributed by atoms with Crippen LogP contribution in [0.2, 0.25) is 0 Å². The van der Waals surface area contributed by atoms with Gasteiger partial charge < -0.3 is 10.1 Å². The minimum atomic E-state index is -3.73. The van der Waals surface area contributed by atoms with E-state index in [1.165, 1.54) is 5.56 Å². The van der Waals surface area contributed by atoms with Crippen molar-refractivity contribution in [3.05, 3.63) is 59.7 Å². The van der Waals surface area contributed by atoms with Crippen molar-refractivity contribution in [2.75, 3.05) is 20.3 Å². The molecule has 1 aliphatic heterocycles. The van der Waals surface area contributed by atoms with Crippen LogP contribution in [0.1, 0.15) is 24.0 Å². The Morgan fingerprint density at radius 1 is 1.07 bits per heavy atom. The summed E-state index contributed by atoms with van der Waals surface area (Å²) in [5.74, 6) is 0.987. The number of nitrogens with one attached hydrogen (secondary N) is 1. The van der Waals surface area contributed by atoms with E-state index in [1.54, 1.807) is 31.4 Å². The number of piperidine rings is 1. The summed E-state index contributed by atoms with van der Waals surface area (Å²) in [6.45, 7) is 3.07. The van der Waals surface area contributed by atoms with Crippen LogP contribution in [0.3, 0.4) is 0 Å². The van der Waals surface area contributed by atoms with E-state index in [1.807, 2.05) is 19.1 Å². The summed E-state index contributed by atoms with van der Waals surface area (Å²) in [5.41, 5.74) is 2.21. The highest BCUT2D eigenvalue weighted by atomic mass is 32.2. The Labute approximate surface area is 161 Å². The first-order valence-electron chi connectivity index (χ1n) is 9.30. The van der Waals surface area contributed by atoms with Gasteiger partial charge in [-0.3, -0.25) is 4.18 Å². The fraction of sp³-hybridized carbons (Fsp3) is 0.429. The maximum Gasteiger partial charge on any atom is 0.296 e. The number of hydrogen-bond donors (Lipinski definition) is 1. The Morgan fingerprint density at radius 2 is 1.78 bits per heavy atom. The number of rotatable bonds is 7. The van der Waals surface area contributed by atoms with E-state index in [0.717, 1.165) is 37.1 Å². The Kier molecular flexibility index (Phi) is 6.52. The molecule has 6 heteroatoms. The van der Waals surface area contributed by atoms with Crippen molar-refractivity contribution < 1.29 is 17.3 Å². The number of methoxy groups -OCH3 is 1. The van der Waals surface area contributed by atoms with Gasteiger partial charge in [0, 0.05) is 6.04 Å². The summed E-state index contributed by atoms with van der Waals surface area (Å²) in [5, 5.41) is 3.52. The van der Waals surface area contributed by atoms with Crippen LogP contribution in [0.25, 0.3) is 0 Å². The lowest BCUT2D eigenvalue weighted by Crippen LogP contribution is -2.44. The molecule has 1 fully saturated rings. The topological polar surface area (TPSA) is 64.6 Å². The summed E-state index contributed by atoms with van der Waals surface area (Å²) in [4.78, 5) is 0.212. The van der Waals surface area contributed by atoms with Crippen LogP contribution in [-0.2, 0) is 20.7 Å². The molecular weight excluding hydrogens is 362 g/mol. The molecule has 0 aromatic heterocycles. The Morgan fingerprint density at radius 3 is 2.44 bits per heavy atom. The van der Waals surface area contributed by atoms with Gasteiger partial charge in [-0.2, -0.15) is 8.42 Å². The number of aryl methyl sites for hydroxylation is 1. The highest BCUT2D eigenvalue weighted by molar-refractivity contribution is 7.86. The molecule has 0 aliphatic carbocycles. The van der Waals surface area contributed by atoms with Gasteiger partial charge in [0.25, 0.3) is 10.1 Å². The second-order valence-corrected chi connectivity index (χ2v) is 8.68. The van der Waals surface area contributed by atoms with Crippen molar-refractivity contribution in [1.29, 1.82) is 0 Å². The largest absolute Gasteiger partial charge is 0.497 e. The van der Waals surface area contributed by atoms with E-state index in [2.05, 4.69) is 17.4 Å². The van der Waals surface area contributed by atoms with Gasteiger partial charge in [-0.15, -0.1) is 0 Å². The fourth-order valence-corrected chi connectivity index (χ4v) is 4.38. The van der Waals surface area contributed by atoms with Gasteiger partial charge in [-0.1, -0.05) is 29.8 Å². The van der Waals surface area contributed by atoms with E-state index in [-0.39, 0.29) is 23.5 Å². The highest BCUT2D eigenvalue weighted by Gasteiger charge is 2.27. The van der Waals surface area contributed by atoms with Gasteiger partial charge in [-0.25, -0.2) is 0 Å². The van der Waals surface area contributed by atoms with Gasteiger partial charge in [0.05, 0.1) is 18.6 Å². The summed E-state index contributed by atoms with van der Waals surface area (Å²) < 4.78 is 35.5. The first-order valence-corrected chi connectivity index (χ1v) is 10.7. The number of hydrogen-bond acceptors (Lipinski definition) is 5. The van der Waals surface area contributed by atoms with Crippen molar-refractivity contribution in [3.8, 4) is 5.75 Å². The molecule has 0 amide bonds. The molecule has 0 saturated carbocycles. The van der Waals surface area contributed by atoms with Crippen molar-refractivity contribution in [3.63, 3.8) is 0 Å². The molecule has 1 heterocycles. The maximum absolute atomic E-state index is 12.5. The average molecular weight is 390 g/mol. The minimum absolute atomic E-state index is 0.154. The fourth-order valence-electron chi connectivity index (χ4n) is 3.42. The van der Waals surface area contributed by atoms with Crippen LogP contribution < -0.4 is 10.1 Å². The van der Waals surface area contributed by atoms with Crippen molar-refractivity contribution >= 4 is 10.1 Å². The molecule has 2 aromatic carbocycles. The van der Waals surface area contributed by atoms with Crippen LogP contribution in [0.15, 0.2) is 53.4 Å². The first-order chi connectivity index (χ1) is 13.0. The quantitative estimate of drug-likeness (QED) is 0.736. The molecule has 3 rings (SSSR count). The van der Waals surface area contributed by atoms with E-state index in [4.69, 9.17) is 8.92 Å². The van der Waals surface area contributed by atoms with Gasteiger partial charge in [0.2, 0.25) is 0 Å². The predicted molar refractivity (Wildman–Crippen MR) is 106 cm³/mol. The van der Waals surface area contributed by atoms with Crippen molar-refractivity contribution in [2.45, 2.75) is 37.1 Å². The Balaban J connectivity index is 1.63. The minimum Gasteiger partial charge on any atom is -0.497 e. The van der Waals surface area contributed by atoms with Gasteiger partial charge >= 0.3 is 0 Å². The third-order valence-corrected chi connectivity index (χ3v) is 6.38. The molecule has 146 valence electrons. The average Bonchev–Trinajstić information content (AvgIpc) is 2.68. The van der Waals surface area contributed by atoms with Crippen molar-refractivity contribution in [1.82, 2.24) is 5.32 Å². The van der Waals surface area contributed by atoms with E-state index < -0.39 is 10.1 Å². The van der Waals surface area contributed by atoms with Crippen LogP contribution in [0, 0.1) is 12.8 Å². The van der Waals surface area contributed by atoms with Gasteiger partial charge in [0.15, 0.2) is 0 Å². The third kappa shape index (κ3) is 5.31. The van der Waals surface area contributed by atoms with E-state index in [0.29, 0.717) is 0 Å². The third-order valence-electron chi connectivity index (χ3n) is 5.09. The lowest BCUT2D eigenvalue weighted by atomic mass is 9.87.